The molecule has 0 aliphatic carbocycles. The molecule has 0 aliphatic rings. The molecule has 0 fully saturated rings. The quantitative estimate of drug-likeness (QED) is 0.768. The standard InChI is InChI=1S/C12H17NO4/c1-8(2)16-6-7-17-10-5-4-9(3)13-11(10)12(14)15/h4-5,8H,6-7H2,1-3H3,(H,14,15). The van der Waals surface area contributed by atoms with Crippen molar-refractivity contribution in [2.45, 2.75) is 26.9 Å². The van der Waals surface area contributed by atoms with Crippen LogP contribution in [-0.2, 0) is 4.74 Å². The van der Waals surface area contributed by atoms with Crippen LogP contribution < -0.4 is 4.74 Å². The van der Waals surface area contributed by atoms with Crippen LogP contribution in [0.3, 0.4) is 0 Å². The number of rotatable bonds is 6. The number of carboxylic acid groups (broad SMARTS) is 1. The largest absolute Gasteiger partial charge is 0.489 e. The molecule has 1 aromatic heterocycles. The van der Waals surface area contributed by atoms with Crippen molar-refractivity contribution in [1.82, 2.24) is 4.98 Å². The number of aromatic carboxylic acids is 1. The highest BCUT2D eigenvalue weighted by Crippen LogP contribution is 2.16. The summed E-state index contributed by atoms with van der Waals surface area (Å²) in [6.07, 6.45) is 0.133. The molecule has 5 nitrogen and oxygen atoms in total. The zero-order chi connectivity index (χ0) is 12.8. The Morgan fingerprint density at radius 3 is 2.71 bits per heavy atom. The van der Waals surface area contributed by atoms with Crippen LogP contribution in [0.25, 0.3) is 0 Å². The Morgan fingerprint density at radius 1 is 1.41 bits per heavy atom. The van der Waals surface area contributed by atoms with Gasteiger partial charge in [-0.2, -0.15) is 0 Å². The maximum Gasteiger partial charge on any atom is 0.358 e. The molecule has 1 rings (SSSR count). The van der Waals surface area contributed by atoms with Crippen molar-refractivity contribution < 1.29 is 19.4 Å². The second kappa shape index (κ2) is 6.20. The first-order chi connectivity index (χ1) is 8.00. The third-order valence-electron chi connectivity index (χ3n) is 1.99. The van der Waals surface area contributed by atoms with E-state index >= 15 is 0 Å². The van der Waals surface area contributed by atoms with Gasteiger partial charge in [0.2, 0.25) is 0 Å². The van der Waals surface area contributed by atoms with Gasteiger partial charge >= 0.3 is 5.97 Å². The van der Waals surface area contributed by atoms with E-state index < -0.39 is 5.97 Å². The molecular weight excluding hydrogens is 222 g/mol. The summed E-state index contributed by atoms with van der Waals surface area (Å²) in [6, 6.07) is 3.33. The topological polar surface area (TPSA) is 68.7 Å². The minimum absolute atomic E-state index is 0.0606. The zero-order valence-corrected chi connectivity index (χ0v) is 10.3. The number of nitrogens with zero attached hydrogens (tertiary/aromatic N) is 1. The summed E-state index contributed by atoms with van der Waals surface area (Å²) >= 11 is 0. The molecular formula is C12H17NO4. The molecule has 0 unspecified atom stereocenters. The molecule has 1 aromatic rings. The molecule has 0 radical (unpaired) electrons. The molecule has 1 N–H and O–H groups in total. The van der Waals surface area contributed by atoms with E-state index in [1.54, 1.807) is 19.1 Å². The number of pyridine rings is 1. The minimum atomic E-state index is -1.09. The van der Waals surface area contributed by atoms with Gasteiger partial charge in [-0.25, -0.2) is 9.78 Å². The van der Waals surface area contributed by atoms with E-state index in [4.69, 9.17) is 14.6 Å². The molecule has 0 saturated heterocycles. The average Bonchev–Trinajstić information content (AvgIpc) is 2.25. The highest BCUT2D eigenvalue weighted by Gasteiger charge is 2.13. The van der Waals surface area contributed by atoms with Gasteiger partial charge in [0.25, 0.3) is 0 Å². The van der Waals surface area contributed by atoms with Gasteiger partial charge in [0.15, 0.2) is 11.4 Å². The van der Waals surface area contributed by atoms with Crippen LogP contribution in [-0.4, -0.2) is 35.4 Å². The number of carboxylic acids is 1. The third-order valence-corrected chi connectivity index (χ3v) is 1.99. The van der Waals surface area contributed by atoms with E-state index in [1.165, 1.54) is 0 Å². The normalized spacial score (nSPS) is 10.6. The Balaban J connectivity index is 2.61. The predicted octanol–water partition coefficient (Wildman–Crippen LogP) is 1.89. The number of hydrogen-bond acceptors (Lipinski definition) is 4. The number of aromatic nitrogens is 1. The molecule has 0 aromatic carbocycles. The van der Waals surface area contributed by atoms with Crippen molar-refractivity contribution in [3.05, 3.63) is 23.5 Å². The lowest BCUT2D eigenvalue weighted by molar-refractivity contribution is 0.0536. The second-order valence-corrected chi connectivity index (χ2v) is 3.87. The number of carbonyl (C=O) groups is 1. The summed E-state index contributed by atoms with van der Waals surface area (Å²) in [5, 5.41) is 8.96. The zero-order valence-electron chi connectivity index (χ0n) is 10.3. The number of hydrogen-bond donors (Lipinski definition) is 1. The molecule has 1 heterocycles. The van der Waals surface area contributed by atoms with E-state index in [2.05, 4.69) is 4.98 Å². The molecule has 0 aliphatic heterocycles. The summed E-state index contributed by atoms with van der Waals surface area (Å²) in [5.41, 5.74) is 0.586. The molecule has 0 bridgehead atoms. The van der Waals surface area contributed by atoms with Gasteiger partial charge in [0.1, 0.15) is 6.61 Å². The first-order valence-corrected chi connectivity index (χ1v) is 5.46. The Kier molecular flexibility index (Phi) is 4.90. The summed E-state index contributed by atoms with van der Waals surface area (Å²) in [5.74, 6) is -0.816. The lowest BCUT2D eigenvalue weighted by Gasteiger charge is -2.10. The van der Waals surface area contributed by atoms with Crippen LogP contribution in [0.15, 0.2) is 12.1 Å². The van der Waals surface area contributed by atoms with Crippen LogP contribution in [0.4, 0.5) is 0 Å². The van der Waals surface area contributed by atoms with Gasteiger partial charge in [-0.05, 0) is 32.9 Å². The molecule has 0 spiro atoms. The van der Waals surface area contributed by atoms with Crippen molar-refractivity contribution in [3.8, 4) is 5.75 Å². The molecule has 0 amide bonds. The highest BCUT2D eigenvalue weighted by atomic mass is 16.5. The van der Waals surface area contributed by atoms with E-state index in [0.29, 0.717) is 18.9 Å². The van der Waals surface area contributed by atoms with Crippen molar-refractivity contribution in [2.24, 2.45) is 0 Å². The third kappa shape index (κ3) is 4.40. The summed E-state index contributed by atoms with van der Waals surface area (Å²) < 4.78 is 10.6. The Bertz CT molecular complexity index is 390. The molecule has 17 heavy (non-hydrogen) atoms. The fourth-order valence-electron chi connectivity index (χ4n) is 1.25. The summed E-state index contributed by atoms with van der Waals surface area (Å²) in [7, 11) is 0. The monoisotopic (exact) mass is 239 g/mol. The Morgan fingerprint density at radius 2 is 2.12 bits per heavy atom. The first kappa shape index (κ1) is 13.4. The van der Waals surface area contributed by atoms with Crippen molar-refractivity contribution in [3.63, 3.8) is 0 Å². The lowest BCUT2D eigenvalue weighted by atomic mass is 10.3. The highest BCUT2D eigenvalue weighted by molar-refractivity contribution is 5.88. The maximum atomic E-state index is 10.9. The van der Waals surface area contributed by atoms with E-state index in [0.717, 1.165) is 0 Å². The molecule has 5 heteroatoms. The van der Waals surface area contributed by atoms with Crippen LogP contribution in [0.1, 0.15) is 30.0 Å². The van der Waals surface area contributed by atoms with E-state index in [-0.39, 0.29) is 17.5 Å². The SMILES string of the molecule is Cc1ccc(OCCOC(C)C)c(C(=O)O)n1. The maximum absolute atomic E-state index is 10.9. The van der Waals surface area contributed by atoms with Gasteiger partial charge in [0.05, 0.1) is 12.7 Å². The fourth-order valence-corrected chi connectivity index (χ4v) is 1.25. The average molecular weight is 239 g/mol. The van der Waals surface area contributed by atoms with Gasteiger partial charge in [-0.1, -0.05) is 0 Å². The lowest BCUT2D eigenvalue weighted by Crippen LogP contribution is -2.13. The van der Waals surface area contributed by atoms with Crippen molar-refractivity contribution in [2.75, 3.05) is 13.2 Å². The van der Waals surface area contributed by atoms with Crippen LogP contribution in [0, 0.1) is 6.92 Å². The van der Waals surface area contributed by atoms with E-state index in [9.17, 15) is 4.79 Å². The van der Waals surface area contributed by atoms with Crippen LogP contribution in [0.2, 0.25) is 0 Å². The van der Waals surface area contributed by atoms with Crippen LogP contribution in [0.5, 0.6) is 5.75 Å². The predicted molar refractivity (Wildman–Crippen MR) is 62.5 cm³/mol. The number of ether oxygens (including phenoxy) is 2. The van der Waals surface area contributed by atoms with Crippen molar-refractivity contribution >= 4 is 5.97 Å². The number of aryl methyl sites for hydroxylation is 1. The van der Waals surface area contributed by atoms with E-state index in [1.807, 2.05) is 13.8 Å². The molecule has 0 saturated carbocycles. The smallest absolute Gasteiger partial charge is 0.358 e. The fraction of sp³-hybridized carbons (Fsp3) is 0.500. The van der Waals surface area contributed by atoms with Crippen molar-refractivity contribution in [1.29, 1.82) is 0 Å². The second-order valence-electron chi connectivity index (χ2n) is 3.87. The van der Waals surface area contributed by atoms with Gasteiger partial charge in [-0.3, -0.25) is 0 Å². The minimum Gasteiger partial charge on any atom is -0.489 e. The summed E-state index contributed by atoms with van der Waals surface area (Å²) in [4.78, 5) is 14.9. The van der Waals surface area contributed by atoms with Crippen LogP contribution >= 0.6 is 0 Å². The molecule has 0 atom stereocenters. The Hall–Kier alpha value is -1.62. The first-order valence-electron chi connectivity index (χ1n) is 5.46. The van der Waals surface area contributed by atoms with Gasteiger partial charge < -0.3 is 14.6 Å². The summed E-state index contributed by atoms with van der Waals surface area (Å²) in [6.45, 7) is 6.32. The van der Waals surface area contributed by atoms with Gasteiger partial charge in [0, 0.05) is 5.69 Å². The van der Waals surface area contributed by atoms with Gasteiger partial charge in [-0.15, -0.1) is 0 Å². The Labute approximate surface area is 100 Å². The molecule has 94 valence electrons.